The Hall–Kier alpha value is -2.24. The quantitative estimate of drug-likeness (QED) is 0.0559. The maximum absolute atomic E-state index is 11.9. The summed E-state index contributed by atoms with van der Waals surface area (Å²) in [6, 6.07) is 6.20. The van der Waals surface area contributed by atoms with Crippen LogP contribution < -0.4 is 9.47 Å². The van der Waals surface area contributed by atoms with Crippen LogP contribution >= 0.6 is 0 Å². The van der Waals surface area contributed by atoms with E-state index < -0.39 is 0 Å². The monoisotopic (exact) mass is 647 g/mol. The van der Waals surface area contributed by atoms with Crippen molar-refractivity contribution in [2.75, 3.05) is 26.4 Å². The summed E-state index contributed by atoms with van der Waals surface area (Å²) < 4.78 is 22.9. The second-order valence-electron chi connectivity index (χ2n) is 12.9. The average Bonchev–Trinajstić information content (AvgIpc) is 3.06. The van der Waals surface area contributed by atoms with E-state index in [1.807, 2.05) is 6.07 Å². The molecule has 1 aromatic carbocycles. The van der Waals surface area contributed by atoms with Gasteiger partial charge in [-0.15, -0.1) is 0 Å². The molecule has 0 unspecified atom stereocenters. The molecule has 46 heavy (non-hydrogen) atoms. The van der Waals surface area contributed by atoms with Crippen LogP contribution in [-0.4, -0.2) is 38.4 Å². The van der Waals surface area contributed by atoms with E-state index in [1.165, 1.54) is 69.8 Å². The standard InChI is InChI=1S/C40H70O6/c1-4-7-9-11-13-15-21-27-39(41)45-31-25-19-17-23-29-43-37-33-36(6-3)34-38(35-37)44-30-24-18-20-26-32-46-40(42)28-22-16-14-12-10-8-5-2/h33-35H,4-32H2,1-3H3. The third kappa shape index (κ3) is 25.9. The molecule has 0 aromatic heterocycles. The molecule has 0 atom stereocenters. The van der Waals surface area contributed by atoms with Crippen LogP contribution in [0.25, 0.3) is 0 Å². The number of aryl methyl sites for hydroxylation is 1. The van der Waals surface area contributed by atoms with Gasteiger partial charge >= 0.3 is 11.9 Å². The Morgan fingerprint density at radius 3 is 1.17 bits per heavy atom. The average molecular weight is 647 g/mol. The van der Waals surface area contributed by atoms with E-state index in [4.69, 9.17) is 18.9 Å². The van der Waals surface area contributed by atoms with Crippen molar-refractivity contribution >= 4 is 11.9 Å². The van der Waals surface area contributed by atoms with Crippen LogP contribution in [0.3, 0.4) is 0 Å². The van der Waals surface area contributed by atoms with Crippen molar-refractivity contribution in [1.29, 1.82) is 0 Å². The van der Waals surface area contributed by atoms with Crippen LogP contribution in [0.15, 0.2) is 18.2 Å². The molecule has 1 rings (SSSR count). The molecule has 6 heteroatoms. The van der Waals surface area contributed by atoms with Gasteiger partial charge in [-0.1, -0.05) is 97.8 Å². The predicted molar refractivity (Wildman–Crippen MR) is 191 cm³/mol. The van der Waals surface area contributed by atoms with Gasteiger partial charge in [0.25, 0.3) is 0 Å². The molecule has 0 fully saturated rings. The van der Waals surface area contributed by atoms with E-state index in [0.717, 1.165) is 95.0 Å². The highest BCUT2D eigenvalue weighted by Gasteiger charge is 2.06. The van der Waals surface area contributed by atoms with Crippen LogP contribution in [-0.2, 0) is 25.5 Å². The van der Waals surface area contributed by atoms with Crippen molar-refractivity contribution in [2.24, 2.45) is 0 Å². The Balaban J connectivity index is 2.04. The molecular formula is C40H70O6. The first kappa shape index (κ1) is 41.8. The first-order valence-electron chi connectivity index (χ1n) is 19.3. The lowest BCUT2D eigenvalue weighted by molar-refractivity contribution is -0.144. The number of ether oxygens (including phenoxy) is 4. The fraction of sp³-hybridized carbons (Fsp3) is 0.800. The summed E-state index contributed by atoms with van der Waals surface area (Å²) >= 11 is 0. The Morgan fingerprint density at radius 2 is 0.783 bits per heavy atom. The van der Waals surface area contributed by atoms with Crippen LogP contribution in [0.4, 0.5) is 0 Å². The molecule has 0 heterocycles. The summed E-state index contributed by atoms with van der Waals surface area (Å²) in [6.45, 7) is 9.02. The Labute approximate surface area is 283 Å². The van der Waals surface area contributed by atoms with Crippen molar-refractivity contribution in [3.05, 3.63) is 23.8 Å². The number of unbranched alkanes of at least 4 members (excludes halogenated alkanes) is 18. The van der Waals surface area contributed by atoms with Gasteiger partial charge in [0, 0.05) is 18.9 Å². The minimum Gasteiger partial charge on any atom is -0.493 e. The van der Waals surface area contributed by atoms with E-state index in [1.54, 1.807) is 0 Å². The van der Waals surface area contributed by atoms with Gasteiger partial charge in [0.05, 0.1) is 26.4 Å². The fourth-order valence-corrected chi connectivity index (χ4v) is 5.47. The van der Waals surface area contributed by atoms with Gasteiger partial charge in [-0.05, 0) is 88.3 Å². The number of rotatable bonds is 33. The number of benzene rings is 1. The molecule has 0 amide bonds. The zero-order chi connectivity index (χ0) is 33.3. The van der Waals surface area contributed by atoms with Crippen molar-refractivity contribution in [1.82, 2.24) is 0 Å². The third-order valence-electron chi connectivity index (χ3n) is 8.46. The van der Waals surface area contributed by atoms with Crippen LogP contribution in [0.5, 0.6) is 11.5 Å². The Kier molecular flexibility index (Phi) is 28.5. The number of carbonyl (C=O) groups is 2. The molecule has 0 spiro atoms. The van der Waals surface area contributed by atoms with E-state index in [-0.39, 0.29) is 11.9 Å². The van der Waals surface area contributed by atoms with Gasteiger partial charge in [0.15, 0.2) is 0 Å². The molecule has 0 aliphatic heterocycles. The molecule has 6 nitrogen and oxygen atoms in total. The molecular weight excluding hydrogens is 576 g/mol. The minimum atomic E-state index is -0.0439. The lowest BCUT2D eigenvalue weighted by atomic mass is 10.1. The number of hydrogen-bond acceptors (Lipinski definition) is 6. The molecule has 0 bridgehead atoms. The first-order chi connectivity index (χ1) is 22.6. The van der Waals surface area contributed by atoms with Crippen LogP contribution in [0.2, 0.25) is 0 Å². The van der Waals surface area contributed by atoms with Crippen molar-refractivity contribution in [2.45, 2.75) is 181 Å². The number of esters is 2. The molecule has 0 saturated heterocycles. The molecule has 266 valence electrons. The molecule has 0 radical (unpaired) electrons. The van der Waals surface area contributed by atoms with E-state index >= 15 is 0 Å². The Bertz CT molecular complexity index is 790. The second kappa shape index (κ2) is 31.4. The van der Waals surface area contributed by atoms with Gasteiger partial charge in [-0.3, -0.25) is 9.59 Å². The Morgan fingerprint density at radius 1 is 0.435 bits per heavy atom. The highest BCUT2D eigenvalue weighted by Crippen LogP contribution is 2.24. The van der Waals surface area contributed by atoms with Crippen molar-refractivity contribution in [3.8, 4) is 11.5 Å². The SMILES string of the molecule is CCCCCCCCCC(=O)OCCCCCCOc1cc(CC)cc(OCCCCCCOC(=O)CCCCCCCCC)c1. The van der Waals surface area contributed by atoms with Gasteiger partial charge in [0.2, 0.25) is 0 Å². The van der Waals surface area contributed by atoms with Crippen LogP contribution in [0.1, 0.15) is 180 Å². The summed E-state index contributed by atoms with van der Waals surface area (Å²) in [4.78, 5) is 23.8. The zero-order valence-corrected chi connectivity index (χ0v) is 30.2. The van der Waals surface area contributed by atoms with Crippen LogP contribution in [0, 0.1) is 0 Å². The van der Waals surface area contributed by atoms with E-state index in [0.29, 0.717) is 39.3 Å². The zero-order valence-electron chi connectivity index (χ0n) is 30.2. The summed E-state index contributed by atoms with van der Waals surface area (Å²) in [5.74, 6) is 1.65. The van der Waals surface area contributed by atoms with Crippen molar-refractivity contribution < 1.29 is 28.5 Å². The number of hydrogen-bond donors (Lipinski definition) is 0. The fourth-order valence-electron chi connectivity index (χ4n) is 5.47. The van der Waals surface area contributed by atoms with Crippen molar-refractivity contribution in [3.63, 3.8) is 0 Å². The maximum atomic E-state index is 11.9. The van der Waals surface area contributed by atoms with Gasteiger partial charge in [-0.25, -0.2) is 0 Å². The topological polar surface area (TPSA) is 71.1 Å². The van der Waals surface area contributed by atoms with Gasteiger partial charge in [-0.2, -0.15) is 0 Å². The molecule has 0 saturated carbocycles. The molecule has 0 aliphatic carbocycles. The molecule has 0 aliphatic rings. The minimum absolute atomic E-state index is 0.0439. The summed E-state index contributed by atoms with van der Waals surface area (Å²) in [6.07, 6.45) is 27.0. The highest BCUT2D eigenvalue weighted by atomic mass is 16.5. The first-order valence-corrected chi connectivity index (χ1v) is 19.3. The lowest BCUT2D eigenvalue weighted by Crippen LogP contribution is -2.06. The number of carbonyl (C=O) groups excluding carboxylic acids is 2. The molecule has 1 aromatic rings. The highest BCUT2D eigenvalue weighted by molar-refractivity contribution is 5.69. The van der Waals surface area contributed by atoms with Gasteiger partial charge < -0.3 is 18.9 Å². The third-order valence-corrected chi connectivity index (χ3v) is 8.46. The lowest BCUT2D eigenvalue weighted by Gasteiger charge is -2.12. The van der Waals surface area contributed by atoms with E-state index in [9.17, 15) is 9.59 Å². The molecule has 0 N–H and O–H groups in total. The second-order valence-corrected chi connectivity index (χ2v) is 12.9. The van der Waals surface area contributed by atoms with E-state index in [2.05, 4.69) is 32.9 Å². The predicted octanol–water partition coefficient (Wildman–Crippen LogP) is 11.5. The summed E-state index contributed by atoms with van der Waals surface area (Å²) in [5.41, 5.74) is 1.21. The maximum Gasteiger partial charge on any atom is 0.305 e. The summed E-state index contributed by atoms with van der Waals surface area (Å²) in [7, 11) is 0. The summed E-state index contributed by atoms with van der Waals surface area (Å²) in [5, 5.41) is 0. The smallest absolute Gasteiger partial charge is 0.305 e. The van der Waals surface area contributed by atoms with Gasteiger partial charge in [0.1, 0.15) is 11.5 Å². The normalized spacial score (nSPS) is 11.0. The largest absolute Gasteiger partial charge is 0.493 e.